The lowest BCUT2D eigenvalue weighted by molar-refractivity contribution is -0.137. The van der Waals surface area contributed by atoms with Crippen LogP contribution in [0.15, 0.2) is 53.4 Å². The van der Waals surface area contributed by atoms with Crippen molar-refractivity contribution < 1.29 is 21.6 Å². The Morgan fingerprint density at radius 2 is 1.70 bits per heavy atom. The number of rotatable bonds is 5. The molecule has 0 spiro atoms. The summed E-state index contributed by atoms with van der Waals surface area (Å²) in [6, 6.07) is 11.6. The van der Waals surface area contributed by atoms with E-state index in [1.165, 1.54) is 11.1 Å². The van der Waals surface area contributed by atoms with Gasteiger partial charge in [0.25, 0.3) is 0 Å². The molecule has 1 aliphatic heterocycles. The Morgan fingerprint density at radius 3 is 2.33 bits per heavy atom. The minimum Gasteiger partial charge on any atom is -0.295 e. The maximum Gasteiger partial charge on any atom is 0.416 e. The second-order valence-corrected chi connectivity index (χ2v) is 8.48. The van der Waals surface area contributed by atoms with Crippen LogP contribution in [0.1, 0.15) is 23.6 Å². The monoisotopic (exact) mass is 398 g/mol. The Labute approximate surface area is 157 Å². The Kier molecular flexibility index (Phi) is 5.60. The Balaban J connectivity index is 1.62. The molecular weight excluding hydrogens is 377 g/mol. The second-order valence-electron chi connectivity index (χ2n) is 6.71. The first-order valence-corrected chi connectivity index (χ1v) is 10.1. The maximum absolute atomic E-state index is 12.6. The van der Waals surface area contributed by atoms with Crippen LogP contribution >= 0.6 is 0 Å². The SMILES string of the molecule is C[C@@H](CNS(=O)(=O)c1ccc(C(F)(F)F)cc1)N1CCc2ccccc2C1. The average Bonchev–Trinajstić information content (AvgIpc) is 2.65. The van der Waals surface area contributed by atoms with E-state index in [0.29, 0.717) is 0 Å². The number of alkyl halides is 3. The predicted molar refractivity (Wildman–Crippen MR) is 96.7 cm³/mol. The van der Waals surface area contributed by atoms with Gasteiger partial charge < -0.3 is 0 Å². The molecule has 0 unspecified atom stereocenters. The molecule has 0 bridgehead atoms. The minimum atomic E-state index is -4.49. The van der Waals surface area contributed by atoms with Crippen molar-refractivity contribution in [2.45, 2.75) is 37.0 Å². The highest BCUT2D eigenvalue weighted by atomic mass is 32.2. The number of nitrogens with one attached hydrogen (secondary N) is 1. The molecular formula is C19H21F3N2O2S. The van der Waals surface area contributed by atoms with Gasteiger partial charge in [-0.3, -0.25) is 4.90 Å². The molecule has 1 N–H and O–H groups in total. The van der Waals surface area contributed by atoms with Gasteiger partial charge in [0, 0.05) is 25.7 Å². The maximum atomic E-state index is 12.6. The highest BCUT2D eigenvalue weighted by Crippen LogP contribution is 2.29. The van der Waals surface area contributed by atoms with E-state index >= 15 is 0 Å². The fourth-order valence-electron chi connectivity index (χ4n) is 3.16. The van der Waals surface area contributed by atoms with E-state index in [9.17, 15) is 21.6 Å². The summed E-state index contributed by atoms with van der Waals surface area (Å²) in [6.45, 7) is 3.70. The molecule has 1 heterocycles. The van der Waals surface area contributed by atoms with Crippen molar-refractivity contribution in [1.29, 1.82) is 0 Å². The summed E-state index contributed by atoms with van der Waals surface area (Å²) in [5, 5.41) is 0. The van der Waals surface area contributed by atoms with Crippen LogP contribution in [0, 0.1) is 0 Å². The number of fused-ring (bicyclic) bond motifs is 1. The van der Waals surface area contributed by atoms with E-state index in [4.69, 9.17) is 0 Å². The molecule has 27 heavy (non-hydrogen) atoms. The molecule has 0 aromatic heterocycles. The number of nitrogens with zero attached hydrogens (tertiary/aromatic N) is 1. The van der Waals surface area contributed by atoms with E-state index in [2.05, 4.69) is 21.8 Å². The zero-order chi connectivity index (χ0) is 19.7. The smallest absolute Gasteiger partial charge is 0.295 e. The standard InChI is InChI=1S/C19H21F3N2O2S/c1-14(24-11-10-15-4-2-3-5-16(15)13-24)12-23-27(25,26)18-8-6-17(7-9-18)19(20,21)22/h2-9,14,23H,10-13H2,1H3/t14-/m0/s1. The summed E-state index contributed by atoms with van der Waals surface area (Å²) in [5.41, 5.74) is 1.68. The van der Waals surface area contributed by atoms with Gasteiger partial charge in [-0.2, -0.15) is 13.2 Å². The predicted octanol–water partition coefficient (Wildman–Crippen LogP) is 3.43. The fraction of sp³-hybridized carbons (Fsp3) is 0.368. The Morgan fingerprint density at radius 1 is 1.07 bits per heavy atom. The average molecular weight is 398 g/mol. The van der Waals surface area contributed by atoms with Crippen molar-refractivity contribution in [2.75, 3.05) is 13.1 Å². The summed E-state index contributed by atoms with van der Waals surface area (Å²) >= 11 is 0. The number of sulfonamides is 1. The van der Waals surface area contributed by atoms with Gasteiger partial charge >= 0.3 is 6.18 Å². The molecule has 0 saturated heterocycles. The zero-order valence-electron chi connectivity index (χ0n) is 14.8. The molecule has 1 aliphatic rings. The number of benzene rings is 2. The van der Waals surface area contributed by atoms with Crippen molar-refractivity contribution >= 4 is 10.0 Å². The number of hydrogen-bond donors (Lipinski definition) is 1. The summed E-state index contributed by atoms with van der Waals surface area (Å²) in [6.07, 6.45) is -3.58. The second kappa shape index (κ2) is 7.61. The normalized spacial score (nSPS) is 16.7. The molecule has 0 fully saturated rings. The Hall–Kier alpha value is -1.90. The molecule has 3 rings (SSSR count). The van der Waals surface area contributed by atoms with E-state index in [1.807, 2.05) is 19.1 Å². The van der Waals surface area contributed by atoms with Crippen LogP contribution in [-0.4, -0.2) is 32.4 Å². The van der Waals surface area contributed by atoms with Crippen molar-refractivity contribution in [3.8, 4) is 0 Å². The molecule has 0 saturated carbocycles. The third kappa shape index (κ3) is 4.69. The molecule has 2 aromatic carbocycles. The van der Waals surface area contributed by atoms with Gasteiger partial charge in [-0.1, -0.05) is 24.3 Å². The molecule has 0 aliphatic carbocycles. The minimum absolute atomic E-state index is 0.0393. The molecule has 1 atom stereocenters. The molecule has 0 radical (unpaired) electrons. The van der Waals surface area contributed by atoms with E-state index in [0.717, 1.165) is 43.8 Å². The van der Waals surface area contributed by atoms with Crippen LogP contribution in [0.4, 0.5) is 13.2 Å². The lowest BCUT2D eigenvalue weighted by Crippen LogP contribution is -2.44. The molecule has 2 aromatic rings. The van der Waals surface area contributed by atoms with Gasteiger partial charge in [0.2, 0.25) is 10.0 Å². The van der Waals surface area contributed by atoms with Crippen LogP contribution in [0.25, 0.3) is 0 Å². The fourth-order valence-corrected chi connectivity index (χ4v) is 4.28. The largest absolute Gasteiger partial charge is 0.416 e. The van der Waals surface area contributed by atoms with Crippen LogP contribution in [0.3, 0.4) is 0 Å². The van der Waals surface area contributed by atoms with Crippen molar-refractivity contribution in [1.82, 2.24) is 9.62 Å². The third-order valence-corrected chi connectivity index (χ3v) is 6.28. The summed E-state index contributed by atoms with van der Waals surface area (Å²) in [4.78, 5) is 2.02. The lowest BCUT2D eigenvalue weighted by Gasteiger charge is -2.33. The van der Waals surface area contributed by atoms with E-state index in [-0.39, 0.29) is 17.5 Å². The van der Waals surface area contributed by atoms with E-state index in [1.54, 1.807) is 0 Å². The molecule has 0 amide bonds. The first-order valence-electron chi connectivity index (χ1n) is 8.64. The van der Waals surface area contributed by atoms with Crippen LogP contribution < -0.4 is 4.72 Å². The number of halogens is 3. The van der Waals surface area contributed by atoms with Gasteiger partial charge in [-0.25, -0.2) is 13.1 Å². The van der Waals surface area contributed by atoms with Crippen LogP contribution in [0.5, 0.6) is 0 Å². The molecule has 146 valence electrons. The zero-order valence-corrected chi connectivity index (χ0v) is 15.6. The third-order valence-electron chi connectivity index (χ3n) is 4.84. The van der Waals surface area contributed by atoms with Crippen molar-refractivity contribution in [3.63, 3.8) is 0 Å². The van der Waals surface area contributed by atoms with Crippen LogP contribution in [0.2, 0.25) is 0 Å². The quantitative estimate of drug-likeness (QED) is 0.840. The molecule has 8 heteroatoms. The highest BCUT2D eigenvalue weighted by molar-refractivity contribution is 7.89. The van der Waals surface area contributed by atoms with Crippen molar-refractivity contribution in [3.05, 3.63) is 65.2 Å². The summed E-state index contributed by atoms with van der Waals surface area (Å²) in [7, 11) is -3.86. The van der Waals surface area contributed by atoms with Gasteiger partial charge in [0.1, 0.15) is 0 Å². The van der Waals surface area contributed by atoms with Gasteiger partial charge in [0.05, 0.1) is 10.5 Å². The summed E-state index contributed by atoms with van der Waals surface area (Å²) in [5.74, 6) is 0. The van der Waals surface area contributed by atoms with Gasteiger partial charge in [-0.05, 0) is 48.7 Å². The number of hydrogen-bond acceptors (Lipinski definition) is 3. The topological polar surface area (TPSA) is 49.4 Å². The van der Waals surface area contributed by atoms with Gasteiger partial charge in [-0.15, -0.1) is 0 Å². The highest BCUT2D eigenvalue weighted by Gasteiger charge is 2.30. The van der Waals surface area contributed by atoms with E-state index < -0.39 is 21.8 Å². The summed E-state index contributed by atoms with van der Waals surface area (Å²) < 4.78 is 65.1. The van der Waals surface area contributed by atoms with Crippen molar-refractivity contribution in [2.24, 2.45) is 0 Å². The first-order chi connectivity index (χ1) is 12.7. The van der Waals surface area contributed by atoms with Crippen LogP contribution in [-0.2, 0) is 29.2 Å². The lowest BCUT2D eigenvalue weighted by atomic mass is 9.99. The first kappa shape index (κ1) is 19.9. The Bertz CT molecular complexity index is 896. The van der Waals surface area contributed by atoms with Gasteiger partial charge in [0.15, 0.2) is 0 Å². The molecule has 4 nitrogen and oxygen atoms in total.